The van der Waals surface area contributed by atoms with Crippen LogP contribution >= 0.6 is 0 Å². The number of hydrogen-bond acceptors (Lipinski definition) is 3. The molecule has 0 N–H and O–H groups in total. The van der Waals surface area contributed by atoms with Crippen molar-refractivity contribution >= 4 is 0 Å². The molecule has 3 nitrogen and oxygen atoms in total. The monoisotopic (exact) mass is 353 g/mol. The van der Waals surface area contributed by atoms with Crippen LogP contribution in [0.3, 0.4) is 0 Å². The van der Waals surface area contributed by atoms with Gasteiger partial charge in [0.2, 0.25) is 0 Å². The van der Waals surface area contributed by atoms with Crippen LogP contribution in [-0.2, 0) is 9.47 Å². The summed E-state index contributed by atoms with van der Waals surface area (Å²) in [5.41, 5.74) is 0.474. The first-order chi connectivity index (χ1) is 11.6. The van der Waals surface area contributed by atoms with Gasteiger partial charge in [0.1, 0.15) is 0 Å². The van der Waals surface area contributed by atoms with Crippen molar-refractivity contribution < 1.29 is 9.47 Å². The van der Waals surface area contributed by atoms with E-state index in [0.717, 1.165) is 12.8 Å². The first-order valence-electron chi connectivity index (χ1n) is 10.7. The maximum Gasteiger partial charge on any atom is 0.0631 e. The molecule has 0 amide bonds. The normalized spacial score (nSPS) is 26.6. The molecule has 25 heavy (non-hydrogen) atoms. The molecule has 1 heterocycles. The molecule has 1 saturated carbocycles. The molecule has 148 valence electrons. The molecule has 2 aliphatic rings. The molecule has 0 aromatic carbocycles. The second-order valence-corrected chi connectivity index (χ2v) is 10.5. The van der Waals surface area contributed by atoms with Crippen LogP contribution in [0, 0.1) is 5.41 Å². The van der Waals surface area contributed by atoms with E-state index in [1.807, 2.05) is 0 Å². The van der Waals surface area contributed by atoms with Crippen molar-refractivity contribution in [2.45, 2.75) is 117 Å². The van der Waals surface area contributed by atoms with Gasteiger partial charge in [0.25, 0.3) is 0 Å². The van der Waals surface area contributed by atoms with Crippen molar-refractivity contribution in [1.82, 2.24) is 4.90 Å². The Morgan fingerprint density at radius 3 is 2.00 bits per heavy atom. The van der Waals surface area contributed by atoms with Gasteiger partial charge in [-0.3, -0.25) is 0 Å². The molecule has 3 heteroatoms. The molecule has 0 spiro atoms. The lowest BCUT2D eigenvalue weighted by atomic mass is 9.89. The van der Waals surface area contributed by atoms with Gasteiger partial charge in [0.15, 0.2) is 0 Å². The molecule has 0 atom stereocenters. The fourth-order valence-electron chi connectivity index (χ4n) is 3.93. The maximum absolute atomic E-state index is 6.29. The summed E-state index contributed by atoms with van der Waals surface area (Å²) >= 11 is 0. The van der Waals surface area contributed by atoms with Gasteiger partial charge in [-0.1, -0.05) is 33.6 Å². The van der Waals surface area contributed by atoms with E-state index in [1.165, 1.54) is 58.2 Å². The van der Waals surface area contributed by atoms with Crippen LogP contribution in [0.1, 0.15) is 92.9 Å². The van der Waals surface area contributed by atoms with Crippen molar-refractivity contribution in [2.75, 3.05) is 19.6 Å². The predicted octanol–water partition coefficient (Wildman–Crippen LogP) is 5.42. The Morgan fingerprint density at radius 2 is 1.44 bits per heavy atom. The van der Waals surface area contributed by atoms with E-state index in [-0.39, 0.29) is 5.60 Å². The number of hydrogen-bond donors (Lipinski definition) is 0. The summed E-state index contributed by atoms with van der Waals surface area (Å²) in [7, 11) is 0. The average Bonchev–Trinajstić information content (AvgIpc) is 2.44. The van der Waals surface area contributed by atoms with Crippen molar-refractivity contribution in [2.24, 2.45) is 5.41 Å². The Hall–Kier alpha value is -0.120. The molecular formula is C22H43NO2. The van der Waals surface area contributed by atoms with E-state index in [2.05, 4.69) is 46.4 Å². The molecule has 2 fully saturated rings. The van der Waals surface area contributed by atoms with Crippen LogP contribution in [0.5, 0.6) is 0 Å². The molecule has 2 rings (SSSR count). The van der Waals surface area contributed by atoms with E-state index in [1.54, 1.807) is 0 Å². The van der Waals surface area contributed by atoms with E-state index in [9.17, 15) is 0 Å². The molecule has 0 aromatic rings. The van der Waals surface area contributed by atoms with Crippen molar-refractivity contribution in [1.29, 1.82) is 0 Å². The smallest absolute Gasteiger partial charge is 0.0631 e. The van der Waals surface area contributed by atoms with Gasteiger partial charge in [-0.05, 0) is 71.3 Å². The third-order valence-corrected chi connectivity index (χ3v) is 5.39. The summed E-state index contributed by atoms with van der Waals surface area (Å²) in [4.78, 5) is 2.64. The standard InChI is InChI=1S/C22H43NO2/c1-21(2,3)12-8-7-9-13-23-14-10-18(11-15-23)24-19-16-20(17-19)25-22(4,5)6/h18-20H,7-17H2,1-6H3/t19-,20-. The van der Waals surface area contributed by atoms with Crippen molar-refractivity contribution in [3.8, 4) is 0 Å². The van der Waals surface area contributed by atoms with Crippen LogP contribution in [-0.4, -0.2) is 48.4 Å². The van der Waals surface area contributed by atoms with E-state index in [0.29, 0.717) is 23.7 Å². The third-order valence-electron chi connectivity index (χ3n) is 5.39. The van der Waals surface area contributed by atoms with E-state index >= 15 is 0 Å². The number of rotatable bonds is 8. The topological polar surface area (TPSA) is 21.7 Å². The number of nitrogens with zero attached hydrogens (tertiary/aromatic N) is 1. The fraction of sp³-hybridized carbons (Fsp3) is 1.00. The van der Waals surface area contributed by atoms with Crippen LogP contribution in [0.25, 0.3) is 0 Å². The number of piperidine rings is 1. The van der Waals surface area contributed by atoms with Gasteiger partial charge in [-0.25, -0.2) is 0 Å². The number of unbranched alkanes of at least 4 members (excludes halogenated alkanes) is 2. The van der Waals surface area contributed by atoms with E-state index < -0.39 is 0 Å². The first-order valence-corrected chi connectivity index (χ1v) is 10.7. The highest BCUT2D eigenvalue weighted by atomic mass is 16.5. The minimum Gasteiger partial charge on any atom is -0.375 e. The Labute approximate surface area is 156 Å². The van der Waals surface area contributed by atoms with Crippen LogP contribution in [0.15, 0.2) is 0 Å². The van der Waals surface area contributed by atoms with Gasteiger partial charge >= 0.3 is 0 Å². The second-order valence-electron chi connectivity index (χ2n) is 10.5. The molecule has 1 aliphatic heterocycles. The quantitative estimate of drug-likeness (QED) is 0.544. The minimum atomic E-state index is -0.0200. The molecule has 0 aromatic heterocycles. The summed E-state index contributed by atoms with van der Waals surface area (Å²) in [6, 6.07) is 0. The first kappa shape index (κ1) is 21.2. The lowest BCUT2D eigenvalue weighted by Crippen LogP contribution is -2.45. The average molecular weight is 354 g/mol. The maximum atomic E-state index is 6.29. The zero-order valence-electron chi connectivity index (χ0n) is 17.8. The van der Waals surface area contributed by atoms with Crippen LogP contribution in [0.4, 0.5) is 0 Å². The largest absolute Gasteiger partial charge is 0.375 e. The molecule has 0 radical (unpaired) electrons. The predicted molar refractivity (Wildman–Crippen MR) is 106 cm³/mol. The summed E-state index contributed by atoms with van der Waals surface area (Å²) in [5.74, 6) is 0. The van der Waals surface area contributed by atoms with Crippen LogP contribution in [0.2, 0.25) is 0 Å². The summed E-state index contributed by atoms with van der Waals surface area (Å²) < 4.78 is 12.3. The Morgan fingerprint density at radius 1 is 0.800 bits per heavy atom. The molecular weight excluding hydrogens is 310 g/mol. The van der Waals surface area contributed by atoms with Gasteiger partial charge < -0.3 is 14.4 Å². The van der Waals surface area contributed by atoms with Gasteiger partial charge in [-0.2, -0.15) is 0 Å². The Bertz CT molecular complexity index is 368. The summed E-state index contributed by atoms with van der Waals surface area (Å²) in [6.07, 6.45) is 11.4. The summed E-state index contributed by atoms with van der Waals surface area (Å²) in [6.45, 7) is 17.2. The second kappa shape index (κ2) is 9.19. The highest BCUT2D eigenvalue weighted by Crippen LogP contribution is 2.32. The lowest BCUT2D eigenvalue weighted by molar-refractivity contribution is -0.167. The van der Waals surface area contributed by atoms with Gasteiger partial charge in [-0.15, -0.1) is 0 Å². The van der Waals surface area contributed by atoms with Gasteiger partial charge in [0.05, 0.1) is 23.9 Å². The van der Waals surface area contributed by atoms with Crippen LogP contribution < -0.4 is 0 Å². The zero-order chi connectivity index (χ0) is 18.5. The van der Waals surface area contributed by atoms with Gasteiger partial charge in [0, 0.05) is 13.1 Å². The highest BCUT2D eigenvalue weighted by Gasteiger charge is 2.35. The Balaban J connectivity index is 1.48. The number of ether oxygens (including phenoxy) is 2. The third kappa shape index (κ3) is 8.88. The summed E-state index contributed by atoms with van der Waals surface area (Å²) in [5, 5.41) is 0. The fourth-order valence-corrected chi connectivity index (χ4v) is 3.93. The minimum absolute atomic E-state index is 0.0200. The number of likely N-dealkylation sites (tertiary alicyclic amines) is 1. The molecule has 0 unspecified atom stereocenters. The molecule has 1 saturated heterocycles. The SMILES string of the molecule is CC(C)(C)CCCCCN1CCC(O[C@H]2C[C@H](OC(C)(C)C)C2)CC1. The lowest BCUT2D eigenvalue weighted by Gasteiger charge is -2.42. The highest BCUT2D eigenvalue weighted by molar-refractivity contribution is 4.85. The molecule has 1 aliphatic carbocycles. The van der Waals surface area contributed by atoms with Crippen molar-refractivity contribution in [3.05, 3.63) is 0 Å². The Kier molecular flexibility index (Phi) is 7.79. The van der Waals surface area contributed by atoms with E-state index in [4.69, 9.17) is 9.47 Å². The zero-order valence-corrected chi connectivity index (χ0v) is 17.8. The molecule has 0 bridgehead atoms. The van der Waals surface area contributed by atoms with Crippen molar-refractivity contribution in [3.63, 3.8) is 0 Å².